The Morgan fingerprint density at radius 1 is 1.53 bits per heavy atom. The minimum Gasteiger partial charge on any atom is -0.324 e. The average Bonchev–Trinajstić information content (AvgIpc) is 2.29. The van der Waals surface area contributed by atoms with Crippen molar-refractivity contribution in [1.29, 1.82) is 0 Å². The van der Waals surface area contributed by atoms with Crippen LogP contribution in [0.15, 0.2) is 22.7 Å². The standard InChI is InChI=1S/C12H16BrClN2O/c1-3-8(2)15-7-12(17)16-11-5-4-9(13)6-10(11)14/h4-6,8,15H,3,7H2,1-2H3,(H,16,17). The second-order valence-electron chi connectivity index (χ2n) is 3.86. The van der Waals surface area contributed by atoms with Crippen LogP contribution < -0.4 is 10.6 Å². The Hall–Kier alpha value is -0.580. The topological polar surface area (TPSA) is 41.1 Å². The summed E-state index contributed by atoms with van der Waals surface area (Å²) in [6.07, 6.45) is 0.992. The third-order valence-electron chi connectivity index (χ3n) is 2.43. The number of rotatable bonds is 5. The summed E-state index contributed by atoms with van der Waals surface area (Å²) in [6, 6.07) is 5.69. The molecule has 1 rings (SSSR count). The molecule has 5 heteroatoms. The molecule has 1 unspecified atom stereocenters. The fraction of sp³-hybridized carbons (Fsp3) is 0.417. The Labute approximate surface area is 115 Å². The van der Waals surface area contributed by atoms with Crippen molar-refractivity contribution in [3.05, 3.63) is 27.7 Å². The van der Waals surface area contributed by atoms with Crippen molar-refractivity contribution >= 4 is 39.1 Å². The molecule has 3 nitrogen and oxygen atoms in total. The molecule has 0 spiro atoms. The first-order valence-corrected chi connectivity index (χ1v) is 6.68. The Balaban J connectivity index is 2.50. The van der Waals surface area contributed by atoms with Gasteiger partial charge in [-0.05, 0) is 31.5 Å². The zero-order valence-electron chi connectivity index (χ0n) is 9.89. The third-order valence-corrected chi connectivity index (χ3v) is 3.23. The van der Waals surface area contributed by atoms with Crippen molar-refractivity contribution < 1.29 is 4.79 Å². The summed E-state index contributed by atoms with van der Waals surface area (Å²) in [5.41, 5.74) is 0.630. The van der Waals surface area contributed by atoms with Gasteiger partial charge in [0, 0.05) is 10.5 Å². The van der Waals surface area contributed by atoms with Crippen molar-refractivity contribution in [1.82, 2.24) is 5.32 Å². The Morgan fingerprint density at radius 2 is 2.24 bits per heavy atom. The molecule has 0 saturated heterocycles. The van der Waals surface area contributed by atoms with Gasteiger partial charge in [-0.2, -0.15) is 0 Å². The lowest BCUT2D eigenvalue weighted by molar-refractivity contribution is -0.115. The number of hydrogen-bond donors (Lipinski definition) is 2. The van der Waals surface area contributed by atoms with Crippen LogP contribution in [0.1, 0.15) is 20.3 Å². The molecule has 0 aromatic heterocycles. The second-order valence-corrected chi connectivity index (χ2v) is 5.19. The Kier molecular flexibility index (Phi) is 5.95. The number of halogens is 2. The van der Waals surface area contributed by atoms with E-state index in [9.17, 15) is 4.79 Å². The van der Waals surface area contributed by atoms with Crippen molar-refractivity contribution in [3.63, 3.8) is 0 Å². The predicted octanol–water partition coefficient (Wildman–Crippen LogP) is 3.43. The molecule has 0 bridgehead atoms. The molecular weight excluding hydrogens is 304 g/mol. The molecule has 2 N–H and O–H groups in total. The van der Waals surface area contributed by atoms with E-state index in [0.717, 1.165) is 10.9 Å². The SMILES string of the molecule is CCC(C)NCC(=O)Nc1ccc(Br)cc1Cl. The normalized spacial score (nSPS) is 12.2. The van der Waals surface area contributed by atoms with Gasteiger partial charge in [0.1, 0.15) is 0 Å². The van der Waals surface area contributed by atoms with Crippen LogP contribution in [0.3, 0.4) is 0 Å². The minimum absolute atomic E-state index is 0.0884. The van der Waals surface area contributed by atoms with E-state index in [2.05, 4.69) is 33.5 Å². The van der Waals surface area contributed by atoms with Gasteiger partial charge in [0.25, 0.3) is 0 Å². The zero-order chi connectivity index (χ0) is 12.8. The number of benzene rings is 1. The van der Waals surface area contributed by atoms with Crippen LogP contribution in [0.25, 0.3) is 0 Å². The molecule has 1 amide bonds. The number of carbonyl (C=O) groups is 1. The van der Waals surface area contributed by atoms with E-state index in [-0.39, 0.29) is 5.91 Å². The predicted molar refractivity (Wildman–Crippen MR) is 75.5 cm³/mol. The van der Waals surface area contributed by atoms with E-state index < -0.39 is 0 Å². The third kappa shape index (κ3) is 5.06. The fourth-order valence-electron chi connectivity index (χ4n) is 1.20. The van der Waals surface area contributed by atoms with E-state index in [1.807, 2.05) is 13.0 Å². The summed E-state index contributed by atoms with van der Waals surface area (Å²) >= 11 is 9.31. The summed E-state index contributed by atoms with van der Waals surface area (Å²) in [4.78, 5) is 11.6. The Bertz CT molecular complexity index is 398. The van der Waals surface area contributed by atoms with Crippen molar-refractivity contribution in [2.24, 2.45) is 0 Å². The van der Waals surface area contributed by atoms with Crippen LogP contribution in [0, 0.1) is 0 Å². The maximum atomic E-state index is 11.6. The molecule has 0 fully saturated rings. The largest absolute Gasteiger partial charge is 0.324 e. The lowest BCUT2D eigenvalue weighted by Crippen LogP contribution is -2.34. The summed E-state index contributed by atoms with van der Waals surface area (Å²) < 4.78 is 0.887. The molecular formula is C12H16BrClN2O. The Morgan fingerprint density at radius 3 is 2.82 bits per heavy atom. The molecule has 0 aliphatic heterocycles. The van der Waals surface area contributed by atoms with Gasteiger partial charge < -0.3 is 10.6 Å². The first-order valence-electron chi connectivity index (χ1n) is 5.51. The number of carbonyl (C=O) groups excluding carboxylic acids is 1. The lowest BCUT2D eigenvalue weighted by Gasteiger charge is -2.12. The minimum atomic E-state index is -0.0884. The van der Waals surface area contributed by atoms with E-state index in [1.165, 1.54) is 0 Å². The maximum absolute atomic E-state index is 11.6. The first kappa shape index (κ1) is 14.5. The van der Waals surface area contributed by atoms with E-state index in [4.69, 9.17) is 11.6 Å². The molecule has 1 atom stereocenters. The second kappa shape index (κ2) is 6.99. The summed E-state index contributed by atoms with van der Waals surface area (Å²) in [7, 11) is 0. The van der Waals surface area contributed by atoms with Gasteiger partial charge in [0.15, 0.2) is 0 Å². The monoisotopic (exact) mass is 318 g/mol. The van der Waals surface area contributed by atoms with E-state index in [0.29, 0.717) is 23.3 Å². The van der Waals surface area contributed by atoms with Crippen LogP contribution in [0.4, 0.5) is 5.69 Å². The van der Waals surface area contributed by atoms with Gasteiger partial charge in [-0.1, -0.05) is 34.5 Å². The molecule has 0 aliphatic carbocycles. The summed E-state index contributed by atoms with van der Waals surface area (Å²) in [5, 5.41) is 6.41. The van der Waals surface area contributed by atoms with Gasteiger partial charge in [0.05, 0.1) is 17.3 Å². The van der Waals surface area contributed by atoms with E-state index in [1.54, 1.807) is 12.1 Å². The summed E-state index contributed by atoms with van der Waals surface area (Å²) in [6.45, 7) is 4.41. The van der Waals surface area contributed by atoms with Crippen molar-refractivity contribution in [3.8, 4) is 0 Å². The van der Waals surface area contributed by atoms with Crippen LogP contribution in [-0.2, 0) is 4.79 Å². The number of nitrogens with one attached hydrogen (secondary N) is 2. The van der Waals surface area contributed by atoms with Gasteiger partial charge in [-0.3, -0.25) is 4.79 Å². The van der Waals surface area contributed by atoms with Crippen LogP contribution in [-0.4, -0.2) is 18.5 Å². The molecule has 0 radical (unpaired) electrons. The smallest absolute Gasteiger partial charge is 0.238 e. The van der Waals surface area contributed by atoms with Crippen molar-refractivity contribution in [2.45, 2.75) is 26.3 Å². The highest BCUT2D eigenvalue weighted by molar-refractivity contribution is 9.10. The van der Waals surface area contributed by atoms with Crippen LogP contribution in [0.2, 0.25) is 5.02 Å². The number of hydrogen-bond acceptors (Lipinski definition) is 2. The van der Waals surface area contributed by atoms with Gasteiger partial charge in [-0.15, -0.1) is 0 Å². The van der Waals surface area contributed by atoms with Gasteiger partial charge >= 0.3 is 0 Å². The zero-order valence-corrected chi connectivity index (χ0v) is 12.2. The molecule has 0 saturated carbocycles. The van der Waals surface area contributed by atoms with Gasteiger partial charge in [-0.25, -0.2) is 0 Å². The first-order chi connectivity index (χ1) is 8.02. The molecule has 17 heavy (non-hydrogen) atoms. The van der Waals surface area contributed by atoms with E-state index >= 15 is 0 Å². The van der Waals surface area contributed by atoms with Crippen LogP contribution in [0.5, 0.6) is 0 Å². The average molecular weight is 320 g/mol. The van der Waals surface area contributed by atoms with Crippen molar-refractivity contribution in [2.75, 3.05) is 11.9 Å². The molecule has 94 valence electrons. The lowest BCUT2D eigenvalue weighted by atomic mass is 10.2. The number of amides is 1. The molecule has 1 aromatic carbocycles. The molecule has 0 heterocycles. The maximum Gasteiger partial charge on any atom is 0.238 e. The quantitative estimate of drug-likeness (QED) is 0.873. The van der Waals surface area contributed by atoms with Crippen LogP contribution >= 0.6 is 27.5 Å². The summed E-state index contributed by atoms with van der Waals surface area (Å²) in [5.74, 6) is -0.0884. The number of anilines is 1. The fourth-order valence-corrected chi connectivity index (χ4v) is 1.92. The molecule has 0 aliphatic rings. The van der Waals surface area contributed by atoms with Gasteiger partial charge in [0.2, 0.25) is 5.91 Å². The highest BCUT2D eigenvalue weighted by Gasteiger charge is 2.07. The highest BCUT2D eigenvalue weighted by atomic mass is 79.9. The molecule has 1 aromatic rings. The highest BCUT2D eigenvalue weighted by Crippen LogP contribution is 2.25.